The molecule has 0 spiro atoms. The van der Waals surface area contributed by atoms with Gasteiger partial charge in [-0.2, -0.15) is 0 Å². The van der Waals surface area contributed by atoms with E-state index in [1.165, 1.54) is 0 Å². The zero-order valence-electron chi connectivity index (χ0n) is 10.6. The SMILES string of the molecule is Cc1cccc(N(C)C(=O)C2CCC2C(=O)O)c1. The molecule has 2 rings (SSSR count). The number of anilines is 1. The van der Waals surface area contributed by atoms with Gasteiger partial charge in [-0.15, -0.1) is 0 Å². The molecule has 1 aromatic carbocycles. The van der Waals surface area contributed by atoms with Gasteiger partial charge in [-0.05, 0) is 37.5 Å². The third kappa shape index (κ3) is 2.23. The predicted molar refractivity (Wildman–Crippen MR) is 68.4 cm³/mol. The minimum Gasteiger partial charge on any atom is -0.481 e. The van der Waals surface area contributed by atoms with E-state index in [2.05, 4.69) is 0 Å². The molecule has 1 aliphatic rings. The number of benzene rings is 1. The molecule has 0 radical (unpaired) electrons. The van der Waals surface area contributed by atoms with E-state index >= 15 is 0 Å². The first-order valence-corrected chi connectivity index (χ1v) is 6.07. The van der Waals surface area contributed by atoms with E-state index in [-0.39, 0.29) is 11.8 Å². The Hall–Kier alpha value is -1.84. The summed E-state index contributed by atoms with van der Waals surface area (Å²) in [6, 6.07) is 7.64. The van der Waals surface area contributed by atoms with Gasteiger partial charge in [0.2, 0.25) is 5.91 Å². The van der Waals surface area contributed by atoms with E-state index in [9.17, 15) is 9.59 Å². The largest absolute Gasteiger partial charge is 0.481 e. The minimum atomic E-state index is -0.864. The van der Waals surface area contributed by atoms with Gasteiger partial charge in [0.15, 0.2) is 0 Å². The summed E-state index contributed by atoms with van der Waals surface area (Å²) >= 11 is 0. The van der Waals surface area contributed by atoms with Crippen LogP contribution in [-0.2, 0) is 9.59 Å². The summed E-state index contributed by atoms with van der Waals surface area (Å²) < 4.78 is 0. The predicted octanol–water partition coefficient (Wildman–Crippen LogP) is 2.07. The fraction of sp³-hybridized carbons (Fsp3) is 0.429. The van der Waals surface area contributed by atoms with Gasteiger partial charge in [0.05, 0.1) is 11.8 Å². The Bertz CT molecular complexity index is 484. The molecule has 96 valence electrons. The van der Waals surface area contributed by atoms with Crippen LogP contribution in [0.2, 0.25) is 0 Å². The lowest BCUT2D eigenvalue weighted by atomic mass is 9.73. The first kappa shape index (κ1) is 12.6. The fourth-order valence-electron chi connectivity index (χ4n) is 2.30. The number of carbonyl (C=O) groups is 2. The van der Waals surface area contributed by atoms with Crippen molar-refractivity contribution in [3.8, 4) is 0 Å². The Kier molecular flexibility index (Phi) is 3.36. The second kappa shape index (κ2) is 4.80. The summed E-state index contributed by atoms with van der Waals surface area (Å²) in [7, 11) is 1.70. The Morgan fingerprint density at radius 2 is 1.94 bits per heavy atom. The van der Waals surface area contributed by atoms with E-state index in [1.807, 2.05) is 31.2 Å². The topological polar surface area (TPSA) is 57.6 Å². The monoisotopic (exact) mass is 247 g/mol. The van der Waals surface area contributed by atoms with Crippen LogP contribution in [-0.4, -0.2) is 24.0 Å². The average Bonchev–Trinajstić information content (AvgIpc) is 2.25. The van der Waals surface area contributed by atoms with Gasteiger partial charge >= 0.3 is 5.97 Å². The van der Waals surface area contributed by atoms with E-state index in [0.717, 1.165) is 11.3 Å². The molecule has 0 saturated heterocycles. The molecule has 1 aromatic rings. The highest BCUT2D eigenvalue weighted by atomic mass is 16.4. The first-order chi connectivity index (χ1) is 8.50. The maximum Gasteiger partial charge on any atom is 0.307 e. The number of amides is 1. The summed E-state index contributed by atoms with van der Waals surface area (Å²) in [6.07, 6.45) is 1.28. The number of carboxylic acids is 1. The highest BCUT2D eigenvalue weighted by molar-refractivity contribution is 5.97. The number of aryl methyl sites for hydroxylation is 1. The molecule has 1 fully saturated rings. The molecule has 0 aliphatic heterocycles. The number of nitrogens with zero attached hydrogens (tertiary/aromatic N) is 1. The molecule has 0 aromatic heterocycles. The average molecular weight is 247 g/mol. The van der Waals surface area contributed by atoms with Crippen molar-refractivity contribution >= 4 is 17.6 Å². The molecule has 4 heteroatoms. The highest BCUT2D eigenvalue weighted by Crippen LogP contribution is 2.36. The van der Waals surface area contributed by atoms with Crippen molar-refractivity contribution in [3.05, 3.63) is 29.8 Å². The quantitative estimate of drug-likeness (QED) is 0.889. The lowest BCUT2D eigenvalue weighted by molar-refractivity contribution is -0.151. The number of hydrogen-bond donors (Lipinski definition) is 1. The minimum absolute atomic E-state index is 0.0979. The second-order valence-corrected chi connectivity index (χ2v) is 4.86. The number of carboxylic acid groups (broad SMARTS) is 1. The van der Waals surface area contributed by atoms with E-state index in [1.54, 1.807) is 11.9 Å². The van der Waals surface area contributed by atoms with Crippen LogP contribution in [0.5, 0.6) is 0 Å². The molecule has 1 aliphatic carbocycles. The standard InChI is InChI=1S/C14H17NO3/c1-9-4-3-5-10(8-9)15(2)13(16)11-6-7-12(11)14(17)18/h3-5,8,11-12H,6-7H2,1-2H3,(H,17,18). The van der Waals surface area contributed by atoms with E-state index < -0.39 is 11.9 Å². The third-order valence-electron chi connectivity index (χ3n) is 3.63. The van der Waals surface area contributed by atoms with Crippen LogP contribution in [0.4, 0.5) is 5.69 Å². The molecule has 18 heavy (non-hydrogen) atoms. The van der Waals surface area contributed by atoms with Crippen molar-refractivity contribution < 1.29 is 14.7 Å². The fourth-order valence-corrected chi connectivity index (χ4v) is 2.30. The Morgan fingerprint density at radius 3 is 2.44 bits per heavy atom. The van der Waals surface area contributed by atoms with E-state index in [4.69, 9.17) is 5.11 Å². The van der Waals surface area contributed by atoms with Crippen molar-refractivity contribution in [1.29, 1.82) is 0 Å². The summed E-state index contributed by atoms with van der Waals surface area (Å²) in [5, 5.41) is 8.98. The van der Waals surface area contributed by atoms with Gasteiger partial charge in [-0.1, -0.05) is 12.1 Å². The van der Waals surface area contributed by atoms with Crippen molar-refractivity contribution in [3.63, 3.8) is 0 Å². The smallest absolute Gasteiger partial charge is 0.307 e. The Balaban J connectivity index is 2.12. The molecule has 4 nitrogen and oxygen atoms in total. The van der Waals surface area contributed by atoms with Gasteiger partial charge in [-0.3, -0.25) is 9.59 Å². The van der Waals surface area contributed by atoms with Crippen LogP contribution in [0.1, 0.15) is 18.4 Å². The molecule has 2 unspecified atom stereocenters. The maximum absolute atomic E-state index is 12.2. The number of rotatable bonds is 3. The zero-order chi connectivity index (χ0) is 13.3. The van der Waals surface area contributed by atoms with Crippen LogP contribution in [0.25, 0.3) is 0 Å². The number of aliphatic carboxylic acids is 1. The van der Waals surface area contributed by atoms with Crippen molar-refractivity contribution in [2.75, 3.05) is 11.9 Å². The van der Waals surface area contributed by atoms with Crippen LogP contribution < -0.4 is 4.90 Å². The summed E-state index contributed by atoms with van der Waals surface area (Å²) in [5.74, 6) is -1.84. The third-order valence-corrected chi connectivity index (χ3v) is 3.63. The Labute approximate surface area is 106 Å². The lowest BCUT2D eigenvalue weighted by Crippen LogP contribution is -2.44. The van der Waals surface area contributed by atoms with Crippen molar-refractivity contribution in [2.45, 2.75) is 19.8 Å². The molecule has 1 N–H and O–H groups in total. The summed E-state index contributed by atoms with van der Waals surface area (Å²) in [4.78, 5) is 24.7. The number of hydrogen-bond acceptors (Lipinski definition) is 2. The summed E-state index contributed by atoms with van der Waals surface area (Å²) in [5.41, 5.74) is 1.89. The van der Waals surface area contributed by atoms with Gasteiger partial charge in [0.1, 0.15) is 0 Å². The van der Waals surface area contributed by atoms with Gasteiger partial charge in [-0.25, -0.2) is 0 Å². The van der Waals surface area contributed by atoms with Crippen LogP contribution in [0.3, 0.4) is 0 Å². The van der Waals surface area contributed by atoms with Gasteiger partial charge < -0.3 is 10.0 Å². The van der Waals surface area contributed by atoms with Crippen molar-refractivity contribution in [2.24, 2.45) is 11.8 Å². The normalized spacial score (nSPS) is 22.1. The molecule has 1 amide bonds. The molecule has 2 atom stereocenters. The lowest BCUT2D eigenvalue weighted by Gasteiger charge is -2.35. The van der Waals surface area contributed by atoms with E-state index in [0.29, 0.717) is 12.8 Å². The van der Waals surface area contributed by atoms with Crippen LogP contribution in [0, 0.1) is 18.8 Å². The molecule has 0 heterocycles. The summed E-state index contributed by atoms with van der Waals surface area (Å²) in [6.45, 7) is 1.96. The number of carbonyl (C=O) groups excluding carboxylic acids is 1. The molecular formula is C14H17NO3. The van der Waals surface area contributed by atoms with Crippen LogP contribution >= 0.6 is 0 Å². The molecular weight excluding hydrogens is 230 g/mol. The first-order valence-electron chi connectivity index (χ1n) is 6.07. The Morgan fingerprint density at radius 1 is 1.28 bits per heavy atom. The molecule has 0 bridgehead atoms. The second-order valence-electron chi connectivity index (χ2n) is 4.86. The zero-order valence-corrected chi connectivity index (χ0v) is 10.6. The van der Waals surface area contributed by atoms with Gasteiger partial charge in [0.25, 0.3) is 0 Å². The van der Waals surface area contributed by atoms with Crippen molar-refractivity contribution in [1.82, 2.24) is 0 Å². The van der Waals surface area contributed by atoms with Crippen LogP contribution in [0.15, 0.2) is 24.3 Å². The molecule has 1 saturated carbocycles. The maximum atomic E-state index is 12.2. The van der Waals surface area contributed by atoms with Gasteiger partial charge in [0, 0.05) is 12.7 Å². The highest BCUT2D eigenvalue weighted by Gasteiger charge is 2.42.